The lowest BCUT2D eigenvalue weighted by atomic mass is 10.3. The summed E-state index contributed by atoms with van der Waals surface area (Å²) >= 11 is 0. The van der Waals surface area contributed by atoms with Crippen LogP contribution >= 0.6 is 0 Å². The fourth-order valence-electron chi connectivity index (χ4n) is 1.66. The maximum Gasteiger partial charge on any atom is 0.0747 e. The molecule has 0 aromatic carbocycles. The van der Waals surface area contributed by atoms with Crippen molar-refractivity contribution in [1.29, 1.82) is 0 Å². The average molecular weight is 200 g/mol. The Bertz CT molecular complexity index is 163. The van der Waals surface area contributed by atoms with E-state index in [1.807, 2.05) is 0 Å². The van der Waals surface area contributed by atoms with Crippen molar-refractivity contribution < 1.29 is 0 Å². The van der Waals surface area contributed by atoms with Crippen molar-refractivity contribution in [2.75, 3.05) is 52.4 Å². The summed E-state index contributed by atoms with van der Waals surface area (Å²) in [5.74, 6) is 4.92. The summed E-state index contributed by atoms with van der Waals surface area (Å²) in [6.45, 7) is 7.83. The van der Waals surface area contributed by atoms with Gasteiger partial charge in [0.1, 0.15) is 0 Å². The molecule has 0 spiro atoms. The largest absolute Gasteiger partial charge is 0.329 e. The van der Waals surface area contributed by atoms with Gasteiger partial charge in [-0.15, -0.1) is 0 Å². The summed E-state index contributed by atoms with van der Waals surface area (Å²) in [5.41, 5.74) is 5.50. The van der Waals surface area contributed by atoms with Gasteiger partial charge in [0.2, 0.25) is 0 Å². The first-order chi connectivity index (χ1) is 6.86. The SMILES string of the molecule is NCCN1CCN(CCN=NN)CC1. The Kier molecular flexibility index (Phi) is 5.43. The fourth-order valence-corrected chi connectivity index (χ4v) is 1.66. The van der Waals surface area contributed by atoms with Crippen molar-refractivity contribution in [2.45, 2.75) is 0 Å². The van der Waals surface area contributed by atoms with Crippen molar-refractivity contribution in [1.82, 2.24) is 9.80 Å². The van der Waals surface area contributed by atoms with E-state index in [0.717, 1.165) is 45.8 Å². The maximum absolute atomic E-state index is 5.50. The summed E-state index contributed by atoms with van der Waals surface area (Å²) in [4.78, 5) is 4.77. The third-order valence-electron chi connectivity index (χ3n) is 2.51. The van der Waals surface area contributed by atoms with Crippen LogP contribution in [-0.4, -0.2) is 62.2 Å². The van der Waals surface area contributed by atoms with E-state index >= 15 is 0 Å². The first-order valence-corrected chi connectivity index (χ1v) is 5.08. The minimum atomic E-state index is 0.702. The molecule has 0 aromatic heterocycles. The van der Waals surface area contributed by atoms with Gasteiger partial charge in [0, 0.05) is 45.8 Å². The van der Waals surface area contributed by atoms with Gasteiger partial charge >= 0.3 is 0 Å². The van der Waals surface area contributed by atoms with Gasteiger partial charge in [0.05, 0.1) is 6.54 Å². The second-order valence-corrected chi connectivity index (χ2v) is 3.45. The van der Waals surface area contributed by atoms with Gasteiger partial charge in [-0.2, -0.15) is 5.11 Å². The molecule has 1 aliphatic rings. The Morgan fingerprint density at radius 3 is 2.07 bits per heavy atom. The average Bonchev–Trinajstić information content (AvgIpc) is 2.21. The van der Waals surface area contributed by atoms with E-state index in [-0.39, 0.29) is 0 Å². The first kappa shape index (κ1) is 11.4. The lowest BCUT2D eigenvalue weighted by Crippen LogP contribution is -2.48. The highest BCUT2D eigenvalue weighted by atomic mass is 15.3. The Morgan fingerprint density at radius 1 is 1.00 bits per heavy atom. The minimum Gasteiger partial charge on any atom is -0.329 e. The number of hydrogen-bond donors (Lipinski definition) is 2. The molecule has 4 N–H and O–H groups in total. The van der Waals surface area contributed by atoms with Gasteiger partial charge in [0.25, 0.3) is 0 Å². The molecule has 0 atom stereocenters. The van der Waals surface area contributed by atoms with Crippen molar-refractivity contribution in [3.05, 3.63) is 0 Å². The zero-order valence-corrected chi connectivity index (χ0v) is 8.60. The van der Waals surface area contributed by atoms with E-state index in [1.165, 1.54) is 0 Å². The predicted octanol–water partition coefficient (Wildman–Crippen LogP) is -1.11. The van der Waals surface area contributed by atoms with E-state index < -0.39 is 0 Å². The van der Waals surface area contributed by atoms with Crippen molar-refractivity contribution in [3.63, 3.8) is 0 Å². The molecule has 1 aliphatic heterocycles. The third-order valence-corrected chi connectivity index (χ3v) is 2.51. The Morgan fingerprint density at radius 2 is 1.57 bits per heavy atom. The van der Waals surface area contributed by atoms with Crippen LogP contribution in [0.3, 0.4) is 0 Å². The molecule has 1 saturated heterocycles. The third kappa shape index (κ3) is 3.99. The molecule has 6 nitrogen and oxygen atoms in total. The second-order valence-electron chi connectivity index (χ2n) is 3.45. The Hall–Kier alpha value is -0.720. The smallest absolute Gasteiger partial charge is 0.0747 e. The number of nitrogens with zero attached hydrogens (tertiary/aromatic N) is 4. The van der Waals surface area contributed by atoms with Crippen LogP contribution in [-0.2, 0) is 0 Å². The molecule has 6 heteroatoms. The molecular weight excluding hydrogens is 180 g/mol. The van der Waals surface area contributed by atoms with Gasteiger partial charge in [-0.05, 0) is 0 Å². The molecule has 0 amide bonds. The lowest BCUT2D eigenvalue weighted by molar-refractivity contribution is 0.137. The molecular formula is C8H20N6. The molecule has 0 saturated carbocycles. The van der Waals surface area contributed by atoms with E-state index in [1.54, 1.807) is 0 Å². The van der Waals surface area contributed by atoms with Crippen LogP contribution in [0.2, 0.25) is 0 Å². The molecule has 1 rings (SSSR count). The summed E-state index contributed by atoms with van der Waals surface area (Å²) in [6, 6.07) is 0. The molecule has 0 bridgehead atoms. The van der Waals surface area contributed by atoms with Crippen molar-refractivity contribution in [3.8, 4) is 0 Å². The summed E-state index contributed by atoms with van der Waals surface area (Å²) in [6.07, 6.45) is 0. The van der Waals surface area contributed by atoms with Crippen LogP contribution in [0.1, 0.15) is 0 Å². The summed E-state index contributed by atoms with van der Waals surface area (Å²) in [5, 5.41) is 6.98. The first-order valence-electron chi connectivity index (χ1n) is 5.08. The van der Waals surface area contributed by atoms with E-state index in [9.17, 15) is 0 Å². The monoisotopic (exact) mass is 200 g/mol. The highest BCUT2D eigenvalue weighted by Crippen LogP contribution is 2.00. The lowest BCUT2D eigenvalue weighted by Gasteiger charge is -2.33. The molecule has 1 fully saturated rings. The van der Waals surface area contributed by atoms with Crippen molar-refractivity contribution in [2.24, 2.45) is 21.9 Å². The molecule has 82 valence electrons. The minimum absolute atomic E-state index is 0.702. The van der Waals surface area contributed by atoms with Crippen LogP contribution in [0.15, 0.2) is 10.3 Å². The maximum atomic E-state index is 5.50. The fraction of sp³-hybridized carbons (Fsp3) is 1.00. The number of nitrogens with two attached hydrogens (primary N) is 2. The topological polar surface area (TPSA) is 83.2 Å². The van der Waals surface area contributed by atoms with Gasteiger partial charge in [0.15, 0.2) is 0 Å². The van der Waals surface area contributed by atoms with Gasteiger partial charge in [-0.1, -0.05) is 5.22 Å². The van der Waals surface area contributed by atoms with Crippen LogP contribution in [0.25, 0.3) is 0 Å². The van der Waals surface area contributed by atoms with Crippen molar-refractivity contribution >= 4 is 0 Å². The number of hydrogen-bond acceptors (Lipinski definition) is 5. The molecule has 1 heterocycles. The molecule has 14 heavy (non-hydrogen) atoms. The van der Waals surface area contributed by atoms with Gasteiger partial charge in [-0.25, -0.2) is 0 Å². The highest BCUT2D eigenvalue weighted by Gasteiger charge is 2.14. The van der Waals surface area contributed by atoms with Gasteiger partial charge in [-0.3, -0.25) is 9.80 Å². The van der Waals surface area contributed by atoms with Crippen LogP contribution in [0.4, 0.5) is 0 Å². The highest BCUT2D eigenvalue weighted by molar-refractivity contribution is 4.72. The number of rotatable bonds is 5. The van der Waals surface area contributed by atoms with Crippen LogP contribution in [0, 0.1) is 0 Å². The quantitative estimate of drug-likeness (QED) is 0.335. The normalized spacial score (nSPS) is 20.6. The molecule has 0 unspecified atom stereocenters. The van der Waals surface area contributed by atoms with Crippen LogP contribution in [0.5, 0.6) is 0 Å². The summed E-state index contributed by atoms with van der Waals surface area (Å²) < 4.78 is 0. The Labute approximate surface area is 84.9 Å². The molecule has 0 aliphatic carbocycles. The zero-order valence-electron chi connectivity index (χ0n) is 8.60. The van der Waals surface area contributed by atoms with Crippen LogP contribution < -0.4 is 11.6 Å². The van der Waals surface area contributed by atoms with E-state index in [0.29, 0.717) is 6.54 Å². The van der Waals surface area contributed by atoms with Gasteiger partial charge < -0.3 is 11.6 Å². The predicted molar refractivity (Wildman–Crippen MR) is 55.8 cm³/mol. The standard InChI is InChI=1S/C8H20N6/c9-1-3-13-5-7-14(8-6-13)4-2-11-12-10/h1-9H2,(H2,10,11). The van der Waals surface area contributed by atoms with E-state index in [4.69, 9.17) is 11.6 Å². The molecule has 0 radical (unpaired) electrons. The van der Waals surface area contributed by atoms with E-state index in [2.05, 4.69) is 20.1 Å². The Balaban J connectivity index is 2.09. The zero-order chi connectivity index (χ0) is 10.2. The molecule has 0 aromatic rings. The number of piperazine rings is 1. The summed E-state index contributed by atoms with van der Waals surface area (Å²) in [7, 11) is 0. The second kappa shape index (κ2) is 6.69.